The average Bonchev–Trinajstić information content (AvgIpc) is 2.88. The van der Waals surface area contributed by atoms with Crippen molar-refractivity contribution in [3.63, 3.8) is 0 Å². The normalized spacial score (nSPS) is 11.2. The monoisotopic (exact) mass is 467 g/mol. The molecule has 6 heteroatoms. The Bertz CT molecular complexity index is 898. The van der Waals surface area contributed by atoms with E-state index in [0.717, 1.165) is 33.2 Å². The summed E-state index contributed by atoms with van der Waals surface area (Å²) in [7, 11) is 2.62. The molecule has 3 aromatic rings. The summed E-state index contributed by atoms with van der Waals surface area (Å²) in [6.45, 7) is 0.100. The largest absolute Gasteiger partial charge is 0.497 e. The van der Waals surface area contributed by atoms with Crippen molar-refractivity contribution in [3.05, 3.63) is 72.8 Å². The van der Waals surface area contributed by atoms with Crippen LogP contribution >= 0.6 is 7.26 Å². The predicted molar refractivity (Wildman–Crippen MR) is 136 cm³/mol. The van der Waals surface area contributed by atoms with Crippen LogP contribution in [0.2, 0.25) is 0 Å². The lowest BCUT2D eigenvalue weighted by Crippen LogP contribution is -2.35. The minimum Gasteiger partial charge on any atom is -0.497 e. The molecule has 0 spiro atoms. The number of ether oxygens (including phenoxy) is 3. The van der Waals surface area contributed by atoms with Crippen LogP contribution in [-0.2, 0) is 4.79 Å². The van der Waals surface area contributed by atoms with Crippen molar-refractivity contribution in [2.75, 3.05) is 34.1 Å². The van der Waals surface area contributed by atoms with Crippen molar-refractivity contribution in [2.24, 2.45) is 0 Å². The van der Waals surface area contributed by atoms with Crippen molar-refractivity contribution in [3.8, 4) is 17.2 Å². The van der Waals surface area contributed by atoms with Crippen molar-refractivity contribution in [2.45, 2.75) is 19.3 Å². The maximum Gasteiger partial charge on any atom is 0.171 e. The summed E-state index contributed by atoms with van der Waals surface area (Å²) in [5.74, 6) is 2.51. The smallest absolute Gasteiger partial charge is 0.171 e. The molecule has 0 aromatic heterocycles. The van der Waals surface area contributed by atoms with Crippen LogP contribution in [-0.4, -0.2) is 45.0 Å². The SMILES string of the molecule is COc1ccc([P+](CC(=O)CCCCO)(c2ccc(OC)cc2)c2ccc(OC)cc2)cc1. The van der Waals surface area contributed by atoms with Crippen LogP contribution in [0.15, 0.2) is 72.8 Å². The number of rotatable bonds is 12. The molecular formula is C27H32O5P+. The molecule has 0 unspecified atom stereocenters. The first-order valence-electron chi connectivity index (χ1n) is 11.0. The van der Waals surface area contributed by atoms with Crippen LogP contribution in [0.1, 0.15) is 19.3 Å². The molecule has 3 aromatic carbocycles. The van der Waals surface area contributed by atoms with Gasteiger partial charge >= 0.3 is 0 Å². The van der Waals surface area contributed by atoms with Gasteiger partial charge < -0.3 is 19.3 Å². The van der Waals surface area contributed by atoms with Crippen molar-refractivity contribution < 1.29 is 24.1 Å². The van der Waals surface area contributed by atoms with Crippen LogP contribution in [0.25, 0.3) is 0 Å². The van der Waals surface area contributed by atoms with Crippen LogP contribution in [0.4, 0.5) is 0 Å². The van der Waals surface area contributed by atoms with E-state index >= 15 is 0 Å². The predicted octanol–water partition coefficient (Wildman–Crippen LogP) is 3.74. The van der Waals surface area contributed by atoms with Gasteiger partial charge in [-0.05, 0) is 85.6 Å². The second-order valence-corrected chi connectivity index (χ2v) is 11.3. The number of methoxy groups -OCH3 is 3. The van der Waals surface area contributed by atoms with E-state index in [0.29, 0.717) is 25.4 Å². The number of unbranched alkanes of at least 4 members (excludes halogenated alkanes) is 1. The number of carbonyl (C=O) groups is 1. The van der Waals surface area contributed by atoms with Gasteiger partial charge in [0.1, 0.15) is 46.6 Å². The zero-order valence-electron chi connectivity index (χ0n) is 19.5. The highest BCUT2D eigenvalue weighted by molar-refractivity contribution is 7.96. The third-order valence-electron chi connectivity index (χ3n) is 5.82. The van der Waals surface area contributed by atoms with Gasteiger partial charge in [0.05, 0.1) is 21.3 Å². The summed E-state index contributed by atoms with van der Waals surface area (Å²) in [5, 5.41) is 12.5. The summed E-state index contributed by atoms with van der Waals surface area (Å²) >= 11 is 0. The Morgan fingerprint density at radius 3 is 1.33 bits per heavy atom. The fourth-order valence-electron chi connectivity index (χ4n) is 4.01. The molecular weight excluding hydrogens is 435 g/mol. The molecule has 1 N–H and O–H groups in total. The Labute approximate surface area is 196 Å². The number of aliphatic hydroxyl groups excluding tert-OH is 1. The molecule has 0 bridgehead atoms. The molecule has 0 saturated carbocycles. The zero-order chi connectivity index (χ0) is 23.7. The Hall–Kier alpha value is -2.88. The van der Waals surface area contributed by atoms with Gasteiger partial charge in [0, 0.05) is 13.0 Å². The second-order valence-electron chi connectivity index (χ2n) is 7.78. The van der Waals surface area contributed by atoms with Crippen LogP contribution in [0, 0.1) is 0 Å². The number of hydrogen-bond donors (Lipinski definition) is 1. The lowest BCUT2D eigenvalue weighted by atomic mass is 10.2. The molecule has 3 rings (SSSR count). The highest BCUT2D eigenvalue weighted by atomic mass is 31.2. The van der Waals surface area contributed by atoms with Gasteiger partial charge in [0.25, 0.3) is 0 Å². The van der Waals surface area contributed by atoms with E-state index < -0.39 is 7.26 Å². The number of carbonyl (C=O) groups excluding carboxylic acids is 1. The minimum atomic E-state index is -2.33. The zero-order valence-corrected chi connectivity index (χ0v) is 20.4. The topological polar surface area (TPSA) is 65.0 Å². The van der Waals surface area contributed by atoms with E-state index in [2.05, 4.69) is 36.4 Å². The summed E-state index contributed by atoms with van der Waals surface area (Å²) in [6.07, 6.45) is 2.17. The highest BCUT2D eigenvalue weighted by Gasteiger charge is 2.47. The number of benzene rings is 3. The van der Waals surface area contributed by atoms with Crippen molar-refractivity contribution in [1.82, 2.24) is 0 Å². The first-order valence-corrected chi connectivity index (χ1v) is 13.0. The summed E-state index contributed by atoms with van der Waals surface area (Å²) < 4.78 is 16.2. The first-order chi connectivity index (χ1) is 16.1. The quantitative estimate of drug-likeness (QED) is 0.325. The Kier molecular flexibility index (Phi) is 8.87. The van der Waals surface area contributed by atoms with E-state index in [1.165, 1.54) is 0 Å². The molecule has 33 heavy (non-hydrogen) atoms. The molecule has 0 radical (unpaired) electrons. The summed E-state index contributed by atoms with van der Waals surface area (Å²) in [5.41, 5.74) is 0. The fraction of sp³-hybridized carbons (Fsp3) is 0.296. The molecule has 0 amide bonds. The number of aliphatic hydroxyl groups is 1. The van der Waals surface area contributed by atoms with Gasteiger partial charge in [-0.25, -0.2) is 0 Å². The number of Topliss-reactive ketones (excluding diaryl/α,β-unsaturated/α-hetero) is 1. The minimum absolute atomic E-state index is 0.100. The maximum absolute atomic E-state index is 13.3. The lowest BCUT2D eigenvalue weighted by Gasteiger charge is -2.27. The van der Waals surface area contributed by atoms with Crippen LogP contribution in [0.5, 0.6) is 17.2 Å². The van der Waals surface area contributed by atoms with E-state index in [4.69, 9.17) is 19.3 Å². The molecule has 0 aliphatic heterocycles. The Balaban J connectivity index is 2.20. The molecule has 0 aliphatic carbocycles. The third kappa shape index (κ3) is 5.73. The first kappa shape index (κ1) is 24.8. The second kappa shape index (κ2) is 11.8. The van der Waals surface area contributed by atoms with Gasteiger partial charge in [0.15, 0.2) is 5.78 Å². The Morgan fingerprint density at radius 2 is 1.03 bits per heavy atom. The number of hydrogen-bond acceptors (Lipinski definition) is 5. The number of ketones is 1. The van der Waals surface area contributed by atoms with Crippen molar-refractivity contribution >= 4 is 29.0 Å². The van der Waals surface area contributed by atoms with E-state index in [-0.39, 0.29) is 12.4 Å². The van der Waals surface area contributed by atoms with Gasteiger partial charge in [-0.3, -0.25) is 4.79 Å². The van der Waals surface area contributed by atoms with Crippen molar-refractivity contribution in [1.29, 1.82) is 0 Å². The molecule has 5 nitrogen and oxygen atoms in total. The average molecular weight is 468 g/mol. The summed E-state index contributed by atoms with van der Waals surface area (Å²) in [6, 6.07) is 24.1. The molecule has 0 aliphatic rings. The van der Waals surface area contributed by atoms with E-state index in [1.54, 1.807) is 21.3 Å². The highest BCUT2D eigenvalue weighted by Crippen LogP contribution is 2.56. The van der Waals surface area contributed by atoms with E-state index in [9.17, 15) is 4.79 Å². The van der Waals surface area contributed by atoms with Gasteiger partial charge in [-0.15, -0.1) is 0 Å². The standard InChI is InChI=1S/C27H32O5P/c1-30-22-7-13-25(14-8-22)33(20-21(29)6-4-5-19-28,26-15-9-23(31-2)10-16-26)27-17-11-24(32-3)12-18-27/h7-18,28H,4-6,19-20H2,1-3H3/q+1. The fourth-order valence-corrected chi connectivity index (χ4v) is 8.11. The maximum atomic E-state index is 13.3. The molecule has 0 heterocycles. The summed E-state index contributed by atoms with van der Waals surface area (Å²) in [4.78, 5) is 13.3. The third-order valence-corrected chi connectivity index (χ3v) is 10.2. The molecule has 0 atom stereocenters. The molecule has 174 valence electrons. The van der Waals surface area contributed by atoms with Gasteiger partial charge in [-0.1, -0.05) is 0 Å². The van der Waals surface area contributed by atoms with Gasteiger partial charge in [0.2, 0.25) is 0 Å². The van der Waals surface area contributed by atoms with E-state index in [1.807, 2.05) is 36.4 Å². The van der Waals surface area contributed by atoms with Crippen LogP contribution < -0.4 is 30.1 Å². The van der Waals surface area contributed by atoms with Crippen LogP contribution in [0.3, 0.4) is 0 Å². The van der Waals surface area contributed by atoms with Gasteiger partial charge in [-0.2, -0.15) is 0 Å². The Morgan fingerprint density at radius 1 is 0.667 bits per heavy atom. The lowest BCUT2D eigenvalue weighted by molar-refractivity contribution is -0.116. The molecule has 0 fully saturated rings. The molecule has 0 saturated heterocycles.